The zero-order valence-corrected chi connectivity index (χ0v) is 12.4. The van der Waals surface area contributed by atoms with E-state index in [1.54, 1.807) is 0 Å². The topological polar surface area (TPSA) is 55.1 Å². The lowest BCUT2D eigenvalue weighted by Crippen LogP contribution is -2.21. The van der Waals surface area contributed by atoms with Gasteiger partial charge in [-0.25, -0.2) is 4.98 Å². The summed E-state index contributed by atoms with van der Waals surface area (Å²) >= 11 is 0. The van der Waals surface area contributed by atoms with Crippen molar-refractivity contribution in [3.63, 3.8) is 0 Å². The van der Waals surface area contributed by atoms with Crippen molar-refractivity contribution in [1.29, 1.82) is 0 Å². The van der Waals surface area contributed by atoms with Crippen LogP contribution in [0, 0.1) is 17.8 Å². The molecule has 2 aromatic rings. The SMILES string of the molecule is CC(C)c1nc2cc(NC(=O)C3CC4CC4C3)ccc2o1. The van der Waals surface area contributed by atoms with Crippen molar-refractivity contribution < 1.29 is 9.21 Å². The molecular weight excluding hydrogens is 264 g/mol. The van der Waals surface area contributed by atoms with Crippen LogP contribution in [0.5, 0.6) is 0 Å². The Bertz CT molecular complexity index is 694. The van der Waals surface area contributed by atoms with E-state index in [2.05, 4.69) is 24.1 Å². The molecule has 2 aliphatic rings. The van der Waals surface area contributed by atoms with Crippen molar-refractivity contribution in [2.75, 3.05) is 5.32 Å². The Hall–Kier alpha value is -1.84. The molecule has 1 N–H and O–H groups in total. The standard InChI is InChI=1S/C17H20N2O2/c1-9(2)17-19-14-8-13(3-4-15(14)21-17)18-16(20)12-6-10-5-11(10)7-12/h3-4,8-12H,5-7H2,1-2H3,(H,18,20). The molecule has 2 fully saturated rings. The largest absolute Gasteiger partial charge is 0.440 e. The monoisotopic (exact) mass is 284 g/mol. The Morgan fingerprint density at radius 2 is 2.05 bits per heavy atom. The number of nitrogens with zero attached hydrogens (tertiary/aromatic N) is 1. The van der Waals surface area contributed by atoms with Crippen molar-refractivity contribution in [2.24, 2.45) is 17.8 Å². The number of benzene rings is 1. The van der Waals surface area contributed by atoms with Gasteiger partial charge >= 0.3 is 0 Å². The van der Waals surface area contributed by atoms with E-state index in [0.717, 1.165) is 47.4 Å². The fraction of sp³-hybridized carbons (Fsp3) is 0.529. The molecule has 0 aliphatic heterocycles. The molecular formula is C17H20N2O2. The Kier molecular flexibility index (Phi) is 2.81. The van der Waals surface area contributed by atoms with E-state index in [9.17, 15) is 4.79 Å². The van der Waals surface area contributed by atoms with E-state index in [0.29, 0.717) is 0 Å². The number of anilines is 1. The van der Waals surface area contributed by atoms with Crippen LogP contribution in [0.1, 0.15) is 44.9 Å². The van der Waals surface area contributed by atoms with Gasteiger partial charge in [0.2, 0.25) is 5.91 Å². The molecule has 4 nitrogen and oxygen atoms in total. The van der Waals surface area contributed by atoms with E-state index in [4.69, 9.17) is 4.42 Å². The number of oxazole rings is 1. The van der Waals surface area contributed by atoms with Crippen molar-refractivity contribution in [2.45, 2.75) is 39.0 Å². The lowest BCUT2D eigenvalue weighted by molar-refractivity contribution is -0.120. The van der Waals surface area contributed by atoms with Crippen LogP contribution in [0.4, 0.5) is 5.69 Å². The van der Waals surface area contributed by atoms with Crippen LogP contribution in [0.3, 0.4) is 0 Å². The van der Waals surface area contributed by atoms with Crippen LogP contribution in [-0.4, -0.2) is 10.9 Å². The maximum atomic E-state index is 12.3. The number of nitrogens with one attached hydrogen (secondary N) is 1. The average Bonchev–Trinajstić information content (AvgIpc) is 2.89. The van der Waals surface area contributed by atoms with Crippen LogP contribution in [0.25, 0.3) is 11.1 Å². The molecule has 4 rings (SSSR count). The zero-order chi connectivity index (χ0) is 14.6. The smallest absolute Gasteiger partial charge is 0.227 e. The van der Waals surface area contributed by atoms with Crippen molar-refractivity contribution in [1.82, 2.24) is 4.98 Å². The second-order valence-electron chi connectivity index (χ2n) is 6.80. The summed E-state index contributed by atoms with van der Waals surface area (Å²) in [5, 5.41) is 3.03. The van der Waals surface area contributed by atoms with Gasteiger partial charge < -0.3 is 9.73 Å². The van der Waals surface area contributed by atoms with Gasteiger partial charge in [-0.05, 0) is 49.3 Å². The summed E-state index contributed by atoms with van der Waals surface area (Å²) in [6.45, 7) is 4.11. The average molecular weight is 284 g/mol. The zero-order valence-electron chi connectivity index (χ0n) is 12.4. The van der Waals surface area contributed by atoms with Gasteiger partial charge in [0.25, 0.3) is 0 Å². The van der Waals surface area contributed by atoms with E-state index >= 15 is 0 Å². The first kappa shape index (κ1) is 12.9. The lowest BCUT2D eigenvalue weighted by Gasteiger charge is -2.12. The summed E-state index contributed by atoms with van der Waals surface area (Å²) in [4.78, 5) is 16.8. The summed E-state index contributed by atoms with van der Waals surface area (Å²) < 4.78 is 5.69. The molecule has 2 aliphatic carbocycles. The van der Waals surface area contributed by atoms with Crippen LogP contribution >= 0.6 is 0 Å². The summed E-state index contributed by atoms with van der Waals surface area (Å²) in [7, 11) is 0. The van der Waals surface area contributed by atoms with Crippen LogP contribution in [0.2, 0.25) is 0 Å². The number of aromatic nitrogens is 1. The van der Waals surface area contributed by atoms with E-state index in [-0.39, 0.29) is 17.7 Å². The Morgan fingerprint density at radius 1 is 1.29 bits per heavy atom. The third-order valence-electron chi connectivity index (χ3n) is 4.78. The summed E-state index contributed by atoms with van der Waals surface area (Å²) in [5.74, 6) is 3.02. The molecule has 2 atom stereocenters. The predicted octanol–water partition coefficient (Wildman–Crippen LogP) is 3.94. The minimum absolute atomic E-state index is 0.161. The van der Waals surface area contributed by atoms with E-state index in [1.807, 2.05) is 18.2 Å². The maximum absolute atomic E-state index is 12.3. The van der Waals surface area contributed by atoms with E-state index in [1.165, 1.54) is 6.42 Å². The fourth-order valence-electron chi connectivity index (χ4n) is 3.44. The molecule has 2 unspecified atom stereocenters. The summed E-state index contributed by atoms with van der Waals surface area (Å²) in [5.41, 5.74) is 2.40. The highest BCUT2D eigenvalue weighted by atomic mass is 16.3. The maximum Gasteiger partial charge on any atom is 0.227 e. The Balaban J connectivity index is 1.51. The van der Waals surface area contributed by atoms with Crippen LogP contribution in [0.15, 0.2) is 22.6 Å². The van der Waals surface area contributed by atoms with Crippen molar-refractivity contribution in [3.05, 3.63) is 24.1 Å². The molecule has 1 aromatic carbocycles. The highest BCUT2D eigenvalue weighted by Gasteiger charge is 2.47. The first-order valence-corrected chi connectivity index (χ1v) is 7.81. The number of hydrogen-bond donors (Lipinski definition) is 1. The number of fused-ring (bicyclic) bond motifs is 2. The van der Waals surface area contributed by atoms with Gasteiger partial charge in [0.05, 0.1) is 0 Å². The number of hydrogen-bond acceptors (Lipinski definition) is 3. The van der Waals surface area contributed by atoms with Crippen molar-refractivity contribution in [3.8, 4) is 0 Å². The first-order valence-electron chi connectivity index (χ1n) is 7.81. The van der Waals surface area contributed by atoms with E-state index < -0.39 is 0 Å². The van der Waals surface area contributed by atoms with Gasteiger partial charge in [0, 0.05) is 17.5 Å². The van der Waals surface area contributed by atoms with Gasteiger partial charge in [-0.3, -0.25) is 4.79 Å². The Morgan fingerprint density at radius 3 is 2.76 bits per heavy atom. The highest BCUT2D eigenvalue weighted by Crippen LogP contribution is 2.54. The Labute approximate surface area is 123 Å². The molecule has 0 saturated heterocycles. The second-order valence-corrected chi connectivity index (χ2v) is 6.80. The highest BCUT2D eigenvalue weighted by molar-refractivity contribution is 5.94. The third kappa shape index (κ3) is 2.33. The van der Waals surface area contributed by atoms with Gasteiger partial charge in [0.1, 0.15) is 5.52 Å². The van der Waals surface area contributed by atoms with Crippen molar-refractivity contribution >= 4 is 22.7 Å². The molecule has 4 heteroatoms. The number of rotatable bonds is 3. The summed E-state index contributed by atoms with van der Waals surface area (Å²) in [6, 6.07) is 5.68. The quantitative estimate of drug-likeness (QED) is 0.929. The molecule has 2 saturated carbocycles. The normalized spacial score (nSPS) is 27.1. The minimum Gasteiger partial charge on any atom is -0.440 e. The fourth-order valence-corrected chi connectivity index (χ4v) is 3.44. The predicted molar refractivity (Wildman–Crippen MR) is 81.0 cm³/mol. The van der Waals surface area contributed by atoms with Gasteiger partial charge in [0.15, 0.2) is 11.5 Å². The minimum atomic E-state index is 0.161. The van der Waals surface area contributed by atoms with Crippen LogP contribution in [-0.2, 0) is 4.79 Å². The number of amides is 1. The van der Waals surface area contributed by atoms with Gasteiger partial charge in [-0.15, -0.1) is 0 Å². The third-order valence-corrected chi connectivity index (χ3v) is 4.78. The number of carbonyl (C=O) groups excluding carboxylic acids is 1. The molecule has 1 heterocycles. The molecule has 1 aromatic heterocycles. The van der Waals surface area contributed by atoms with Gasteiger partial charge in [-0.2, -0.15) is 0 Å². The number of carbonyl (C=O) groups is 1. The molecule has 1 amide bonds. The molecule has 21 heavy (non-hydrogen) atoms. The first-order chi connectivity index (χ1) is 10.1. The van der Waals surface area contributed by atoms with Crippen LogP contribution < -0.4 is 5.32 Å². The molecule has 110 valence electrons. The summed E-state index contributed by atoms with van der Waals surface area (Å²) in [6.07, 6.45) is 3.48. The van der Waals surface area contributed by atoms with Gasteiger partial charge in [-0.1, -0.05) is 13.8 Å². The molecule has 0 bridgehead atoms. The molecule has 0 spiro atoms. The molecule has 0 radical (unpaired) electrons. The second kappa shape index (κ2) is 4.58. The lowest BCUT2D eigenvalue weighted by atomic mass is 10.0.